The van der Waals surface area contributed by atoms with E-state index in [0.29, 0.717) is 0 Å². The van der Waals surface area contributed by atoms with Crippen LogP contribution in [-0.2, 0) is 0 Å². The van der Waals surface area contributed by atoms with Crippen LogP contribution in [-0.4, -0.2) is 16.1 Å². The van der Waals surface area contributed by atoms with Gasteiger partial charge < -0.3 is 16.2 Å². The van der Waals surface area contributed by atoms with Crippen molar-refractivity contribution < 1.29 is 9.90 Å². The number of rotatable bonds is 3. The van der Waals surface area contributed by atoms with Crippen molar-refractivity contribution in [2.45, 2.75) is 0 Å². The Hall–Kier alpha value is -2.08. The van der Waals surface area contributed by atoms with Crippen molar-refractivity contribution >= 4 is 33.8 Å². The summed E-state index contributed by atoms with van der Waals surface area (Å²) in [6.07, 6.45) is 1.68. The summed E-state index contributed by atoms with van der Waals surface area (Å²) in [5.74, 6) is -1.03. The van der Waals surface area contributed by atoms with E-state index < -0.39 is 5.97 Å². The van der Waals surface area contributed by atoms with Crippen LogP contribution in [0.2, 0.25) is 0 Å². The Morgan fingerprint density at radius 1 is 1.50 bits per heavy atom. The van der Waals surface area contributed by atoms with Crippen molar-refractivity contribution in [2.24, 2.45) is 0 Å². The Kier molecular flexibility index (Phi) is 2.74. The number of carboxylic acid groups (broad SMARTS) is 1. The van der Waals surface area contributed by atoms with E-state index >= 15 is 0 Å². The van der Waals surface area contributed by atoms with Gasteiger partial charge in [0.1, 0.15) is 0 Å². The van der Waals surface area contributed by atoms with Gasteiger partial charge in [-0.1, -0.05) is 0 Å². The van der Waals surface area contributed by atoms with E-state index in [1.54, 1.807) is 18.3 Å². The maximum atomic E-state index is 10.7. The molecule has 0 aliphatic heterocycles. The van der Waals surface area contributed by atoms with E-state index in [9.17, 15) is 4.79 Å². The van der Waals surface area contributed by atoms with Gasteiger partial charge in [0, 0.05) is 23.0 Å². The number of nitrogens with two attached hydrogens (primary N) is 1. The summed E-state index contributed by atoms with van der Waals surface area (Å²) in [7, 11) is 0. The zero-order chi connectivity index (χ0) is 11.5. The molecule has 0 fully saturated rings. The fourth-order valence-electron chi connectivity index (χ4n) is 1.24. The fourth-order valence-corrected chi connectivity index (χ4v) is 1.79. The molecule has 0 amide bonds. The topological polar surface area (TPSA) is 88.2 Å². The Morgan fingerprint density at radius 3 is 2.88 bits per heavy atom. The van der Waals surface area contributed by atoms with Crippen molar-refractivity contribution in [3.05, 3.63) is 35.3 Å². The molecule has 2 aromatic rings. The van der Waals surface area contributed by atoms with Crippen molar-refractivity contribution in [2.75, 3.05) is 11.1 Å². The van der Waals surface area contributed by atoms with Gasteiger partial charge in [0.05, 0.1) is 5.56 Å². The third kappa shape index (κ3) is 2.12. The van der Waals surface area contributed by atoms with Gasteiger partial charge in [-0.05, 0) is 18.2 Å². The maximum absolute atomic E-state index is 10.7. The average molecular weight is 235 g/mol. The molecule has 0 aliphatic carbocycles. The molecule has 1 heterocycles. The quantitative estimate of drug-likeness (QED) is 0.709. The lowest BCUT2D eigenvalue weighted by molar-refractivity contribution is 0.0698. The molecule has 5 nitrogen and oxygen atoms in total. The molecule has 0 bridgehead atoms. The van der Waals surface area contributed by atoms with Crippen molar-refractivity contribution in [1.82, 2.24) is 4.98 Å². The minimum absolute atomic E-state index is 0.102. The predicted octanol–water partition coefficient (Wildman–Crippen LogP) is 2.17. The standard InChI is InChI=1S/C10H9N3O2S/c11-8-5-6(1-2-7(8)9(14)15)13-10-12-3-4-16-10/h1-5H,11H2,(H,12,13)(H,14,15). The summed E-state index contributed by atoms with van der Waals surface area (Å²) in [4.78, 5) is 14.8. The SMILES string of the molecule is Nc1cc(Nc2nccs2)ccc1C(=O)O. The first-order chi connectivity index (χ1) is 7.66. The van der Waals surface area contributed by atoms with Crippen LogP contribution >= 0.6 is 11.3 Å². The Labute approximate surface area is 95.6 Å². The lowest BCUT2D eigenvalue weighted by Gasteiger charge is -2.05. The molecular formula is C10H9N3O2S. The molecule has 0 saturated heterocycles. The number of aromatic carboxylic acids is 1. The predicted molar refractivity (Wildman–Crippen MR) is 63.2 cm³/mol. The Balaban J connectivity index is 2.24. The number of nitrogen functional groups attached to an aromatic ring is 1. The highest BCUT2D eigenvalue weighted by atomic mass is 32.1. The molecule has 2 rings (SSSR count). The largest absolute Gasteiger partial charge is 0.478 e. The van der Waals surface area contributed by atoms with Crippen LogP contribution in [0.5, 0.6) is 0 Å². The third-order valence-corrected chi connectivity index (χ3v) is 2.65. The second-order valence-corrected chi connectivity index (χ2v) is 3.96. The van der Waals surface area contributed by atoms with Gasteiger partial charge in [-0.3, -0.25) is 0 Å². The summed E-state index contributed by atoms with van der Waals surface area (Å²) in [5.41, 5.74) is 6.67. The van der Waals surface area contributed by atoms with Crippen LogP contribution in [0.4, 0.5) is 16.5 Å². The van der Waals surface area contributed by atoms with Crippen LogP contribution in [0, 0.1) is 0 Å². The van der Waals surface area contributed by atoms with Gasteiger partial charge in [-0.25, -0.2) is 9.78 Å². The monoisotopic (exact) mass is 235 g/mol. The van der Waals surface area contributed by atoms with Crippen LogP contribution in [0.1, 0.15) is 10.4 Å². The minimum Gasteiger partial charge on any atom is -0.478 e. The zero-order valence-electron chi connectivity index (χ0n) is 8.18. The second kappa shape index (κ2) is 4.19. The van der Waals surface area contributed by atoms with Crippen molar-refractivity contribution in [3.8, 4) is 0 Å². The average Bonchev–Trinajstić information content (AvgIpc) is 2.70. The summed E-state index contributed by atoms with van der Waals surface area (Å²) < 4.78 is 0. The first kappa shape index (κ1) is 10.4. The zero-order valence-corrected chi connectivity index (χ0v) is 8.99. The first-order valence-corrected chi connectivity index (χ1v) is 5.34. The number of nitrogens with zero attached hydrogens (tertiary/aromatic N) is 1. The fraction of sp³-hybridized carbons (Fsp3) is 0. The smallest absolute Gasteiger partial charge is 0.337 e. The van der Waals surface area contributed by atoms with E-state index in [2.05, 4.69) is 10.3 Å². The van der Waals surface area contributed by atoms with E-state index in [1.807, 2.05) is 5.38 Å². The number of aromatic nitrogens is 1. The molecule has 82 valence electrons. The van der Waals surface area contributed by atoms with Crippen molar-refractivity contribution in [3.63, 3.8) is 0 Å². The van der Waals surface area contributed by atoms with Crippen LogP contribution < -0.4 is 11.1 Å². The number of hydrogen-bond donors (Lipinski definition) is 3. The van der Waals surface area contributed by atoms with Gasteiger partial charge in [0.25, 0.3) is 0 Å². The normalized spacial score (nSPS) is 10.0. The summed E-state index contributed by atoms with van der Waals surface area (Å²) >= 11 is 1.45. The van der Waals surface area contributed by atoms with Gasteiger partial charge in [0.2, 0.25) is 0 Å². The van der Waals surface area contributed by atoms with E-state index in [1.165, 1.54) is 17.4 Å². The highest BCUT2D eigenvalue weighted by Gasteiger charge is 2.08. The third-order valence-electron chi connectivity index (χ3n) is 1.97. The summed E-state index contributed by atoms with van der Waals surface area (Å²) in [6.45, 7) is 0. The lowest BCUT2D eigenvalue weighted by atomic mass is 10.1. The molecule has 4 N–H and O–H groups in total. The van der Waals surface area contributed by atoms with Crippen LogP contribution in [0.3, 0.4) is 0 Å². The van der Waals surface area contributed by atoms with Crippen molar-refractivity contribution in [1.29, 1.82) is 0 Å². The first-order valence-electron chi connectivity index (χ1n) is 4.46. The number of benzene rings is 1. The van der Waals surface area contributed by atoms with Gasteiger partial charge >= 0.3 is 5.97 Å². The molecule has 6 heteroatoms. The highest BCUT2D eigenvalue weighted by molar-refractivity contribution is 7.13. The van der Waals surface area contributed by atoms with E-state index in [0.717, 1.165) is 10.8 Å². The summed E-state index contributed by atoms with van der Waals surface area (Å²) in [5, 5.41) is 14.4. The maximum Gasteiger partial charge on any atom is 0.337 e. The van der Waals surface area contributed by atoms with Crippen LogP contribution in [0.25, 0.3) is 0 Å². The number of nitrogens with one attached hydrogen (secondary N) is 1. The summed E-state index contributed by atoms with van der Waals surface area (Å²) in [6, 6.07) is 4.69. The molecule has 1 aromatic carbocycles. The number of carboxylic acids is 1. The molecule has 0 aliphatic rings. The molecule has 0 unspecified atom stereocenters. The van der Waals surface area contributed by atoms with Gasteiger partial charge in [0.15, 0.2) is 5.13 Å². The number of carbonyl (C=O) groups is 1. The van der Waals surface area contributed by atoms with Crippen LogP contribution in [0.15, 0.2) is 29.8 Å². The highest BCUT2D eigenvalue weighted by Crippen LogP contribution is 2.22. The molecule has 16 heavy (non-hydrogen) atoms. The number of thiazole rings is 1. The lowest BCUT2D eigenvalue weighted by Crippen LogP contribution is -2.02. The van der Waals surface area contributed by atoms with E-state index in [-0.39, 0.29) is 11.3 Å². The number of anilines is 3. The number of hydrogen-bond acceptors (Lipinski definition) is 5. The minimum atomic E-state index is -1.03. The van der Waals surface area contributed by atoms with Gasteiger partial charge in [-0.15, -0.1) is 11.3 Å². The molecule has 0 radical (unpaired) electrons. The molecule has 0 spiro atoms. The second-order valence-electron chi connectivity index (χ2n) is 3.07. The van der Waals surface area contributed by atoms with Gasteiger partial charge in [-0.2, -0.15) is 0 Å². The Morgan fingerprint density at radius 2 is 2.31 bits per heavy atom. The molecule has 1 aromatic heterocycles. The molecule has 0 saturated carbocycles. The molecular weight excluding hydrogens is 226 g/mol. The van der Waals surface area contributed by atoms with E-state index in [4.69, 9.17) is 10.8 Å². The molecule has 0 atom stereocenters. The Bertz CT molecular complexity index is 511.